The van der Waals surface area contributed by atoms with Gasteiger partial charge >= 0.3 is 0 Å². The van der Waals surface area contributed by atoms with Gasteiger partial charge in [-0.15, -0.1) is 0 Å². The van der Waals surface area contributed by atoms with Crippen LogP contribution in [0.15, 0.2) is 18.2 Å². The Labute approximate surface area is 121 Å². The molecule has 0 bridgehead atoms. The highest BCUT2D eigenvalue weighted by Crippen LogP contribution is 2.22. The Kier molecular flexibility index (Phi) is 7.70. The second-order valence-corrected chi connectivity index (χ2v) is 4.98. The number of nitrogens with zero attached hydrogens (tertiary/aromatic N) is 1. The topological polar surface area (TPSA) is 15.3 Å². The SMILES string of the molecule is CCCN(CC)CCC(NCC)c1cccc(F)c1F. The maximum atomic E-state index is 13.9. The summed E-state index contributed by atoms with van der Waals surface area (Å²) in [6.45, 7) is 9.91. The van der Waals surface area contributed by atoms with E-state index in [0.717, 1.165) is 45.1 Å². The van der Waals surface area contributed by atoms with Crippen LogP contribution in [0.2, 0.25) is 0 Å². The third kappa shape index (κ3) is 4.84. The van der Waals surface area contributed by atoms with Crippen LogP contribution in [0, 0.1) is 11.6 Å². The Balaban J connectivity index is 2.75. The molecule has 0 saturated carbocycles. The van der Waals surface area contributed by atoms with E-state index in [1.807, 2.05) is 6.92 Å². The van der Waals surface area contributed by atoms with Crippen LogP contribution in [-0.2, 0) is 0 Å². The number of hydrogen-bond acceptors (Lipinski definition) is 2. The molecule has 114 valence electrons. The van der Waals surface area contributed by atoms with Crippen LogP contribution in [0.4, 0.5) is 8.78 Å². The third-order valence-electron chi connectivity index (χ3n) is 3.53. The Morgan fingerprint density at radius 1 is 1.15 bits per heavy atom. The van der Waals surface area contributed by atoms with E-state index >= 15 is 0 Å². The van der Waals surface area contributed by atoms with Crippen molar-refractivity contribution in [1.82, 2.24) is 10.2 Å². The summed E-state index contributed by atoms with van der Waals surface area (Å²) in [6.07, 6.45) is 1.89. The second kappa shape index (κ2) is 9.03. The fourth-order valence-corrected chi connectivity index (χ4v) is 2.46. The maximum Gasteiger partial charge on any atom is 0.163 e. The van der Waals surface area contributed by atoms with Gasteiger partial charge in [-0.05, 0) is 45.1 Å². The zero-order valence-electron chi connectivity index (χ0n) is 12.8. The molecule has 0 aliphatic carbocycles. The van der Waals surface area contributed by atoms with E-state index in [4.69, 9.17) is 0 Å². The van der Waals surface area contributed by atoms with Crippen LogP contribution in [-0.4, -0.2) is 31.1 Å². The Morgan fingerprint density at radius 3 is 2.50 bits per heavy atom. The van der Waals surface area contributed by atoms with E-state index < -0.39 is 11.6 Å². The molecule has 20 heavy (non-hydrogen) atoms. The molecule has 0 fully saturated rings. The van der Waals surface area contributed by atoms with E-state index in [2.05, 4.69) is 24.1 Å². The van der Waals surface area contributed by atoms with Crippen molar-refractivity contribution in [3.8, 4) is 0 Å². The van der Waals surface area contributed by atoms with Gasteiger partial charge in [-0.1, -0.05) is 32.9 Å². The molecular formula is C16H26F2N2. The van der Waals surface area contributed by atoms with Gasteiger partial charge in [0.1, 0.15) is 0 Å². The van der Waals surface area contributed by atoms with Crippen molar-refractivity contribution in [3.05, 3.63) is 35.4 Å². The molecule has 1 unspecified atom stereocenters. The first kappa shape index (κ1) is 17.1. The first-order chi connectivity index (χ1) is 9.63. The molecule has 1 rings (SSSR count). The molecule has 1 N–H and O–H groups in total. The van der Waals surface area contributed by atoms with Crippen LogP contribution in [0.1, 0.15) is 45.2 Å². The van der Waals surface area contributed by atoms with Gasteiger partial charge in [0.05, 0.1) is 0 Å². The Bertz CT molecular complexity index is 396. The fourth-order valence-electron chi connectivity index (χ4n) is 2.46. The number of halogens is 2. The molecule has 0 aliphatic heterocycles. The number of rotatable bonds is 9. The predicted molar refractivity (Wildman–Crippen MR) is 79.8 cm³/mol. The van der Waals surface area contributed by atoms with Crippen molar-refractivity contribution in [3.63, 3.8) is 0 Å². The van der Waals surface area contributed by atoms with Crippen LogP contribution in [0.3, 0.4) is 0 Å². The van der Waals surface area contributed by atoms with E-state index in [9.17, 15) is 8.78 Å². The zero-order chi connectivity index (χ0) is 15.0. The molecule has 0 saturated heterocycles. The van der Waals surface area contributed by atoms with Crippen LogP contribution in [0.25, 0.3) is 0 Å². The fraction of sp³-hybridized carbons (Fsp3) is 0.625. The van der Waals surface area contributed by atoms with Gasteiger partial charge in [0.25, 0.3) is 0 Å². The van der Waals surface area contributed by atoms with Gasteiger partial charge in [0, 0.05) is 11.6 Å². The number of hydrogen-bond donors (Lipinski definition) is 1. The Hall–Kier alpha value is -1.00. The van der Waals surface area contributed by atoms with Gasteiger partial charge in [-0.2, -0.15) is 0 Å². The lowest BCUT2D eigenvalue weighted by Crippen LogP contribution is -2.30. The lowest BCUT2D eigenvalue weighted by molar-refractivity contribution is 0.268. The van der Waals surface area contributed by atoms with Crippen LogP contribution in [0.5, 0.6) is 0 Å². The van der Waals surface area contributed by atoms with Crippen molar-refractivity contribution < 1.29 is 8.78 Å². The third-order valence-corrected chi connectivity index (χ3v) is 3.53. The smallest absolute Gasteiger partial charge is 0.163 e. The monoisotopic (exact) mass is 284 g/mol. The van der Waals surface area contributed by atoms with Crippen molar-refractivity contribution in [1.29, 1.82) is 0 Å². The van der Waals surface area contributed by atoms with Crippen molar-refractivity contribution >= 4 is 0 Å². The minimum atomic E-state index is -0.772. The zero-order valence-corrected chi connectivity index (χ0v) is 12.8. The molecule has 2 nitrogen and oxygen atoms in total. The van der Waals surface area contributed by atoms with Gasteiger partial charge in [0.2, 0.25) is 0 Å². The molecule has 0 spiro atoms. The first-order valence-corrected chi connectivity index (χ1v) is 7.53. The second-order valence-electron chi connectivity index (χ2n) is 4.98. The average Bonchev–Trinajstić information content (AvgIpc) is 2.45. The van der Waals surface area contributed by atoms with Crippen molar-refractivity contribution in [2.24, 2.45) is 0 Å². The largest absolute Gasteiger partial charge is 0.310 e. The first-order valence-electron chi connectivity index (χ1n) is 7.53. The molecule has 0 heterocycles. The van der Waals surface area contributed by atoms with E-state index in [-0.39, 0.29) is 6.04 Å². The minimum Gasteiger partial charge on any atom is -0.310 e. The highest BCUT2D eigenvalue weighted by molar-refractivity contribution is 5.22. The van der Waals surface area contributed by atoms with Crippen LogP contribution < -0.4 is 5.32 Å². The highest BCUT2D eigenvalue weighted by atomic mass is 19.2. The number of nitrogens with one attached hydrogen (secondary N) is 1. The molecule has 1 aromatic rings. The van der Waals surface area contributed by atoms with Crippen molar-refractivity contribution in [2.45, 2.75) is 39.7 Å². The van der Waals surface area contributed by atoms with Gasteiger partial charge < -0.3 is 10.2 Å². The van der Waals surface area contributed by atoms with Crippen molar-refractivity contribution in [2.75, 3.05) is 26.2 Å². The van der Waals surface area contributed by atoms with E-state index in [1.54, 1.807) is 12.1 Å². The van der Waals surface area contributed by atoms with Crippen LogP contribution >= 0.6 is 0 Å². The summed E-state index contributed by atoms with van der Waals surface area (Å²) in [5, 5.41) is 3.26. The molecule has 0 aliphatic rings. The molecule has 1 atom stereocenters. The highest BCUT2D eigenvalue weighted by Gasteiger charge is 2.18. The predicted octanol–water partition coefficient (Wildman–Crippen LogP) is 3.74. The van der Waals surface area contributed by atoms with E-state index in [0.29, 0.717) is 5.56 Å². The minimum absolute atomic E-state index is 0.137. The normalized spacial score (nSPS) is 12.9. The summed E-state index contributed by atoms with van der Waals surface area (Å²) >= 11 is 0. The van der Waals surface area contributed by atoms with Gasteiger partial charge in [0.15, 0.2) is 11.6 Å². The molecule has 0 aromatic heterocycles. The summed E-state index contributed by atoms with van der Waals surface area (Å²) in [4.78, 5) is 2.33. The van der Waals surface area contributed by atoms with Gasteiger partial charge in [-0.25, -0.2) is 8.78 Å². The summed E-state index contributed by atoms with van der Waals surface area (Å²) in [7, 11) is 0. The molecule has 0 radical (unpaired) electrons. The lowest BCUT2D eigenvalue weighted by Gasteiger charge is -2.24. The molecule has 0 amide bonds. The van der Waals surface area contributed by atoms with E-state index in [1.165, 1.54) is 0 Å². The molecular weight excluding hydrogens is 258 g/mol. The summed E-state index contributed by atoms with van der Waals surface area (Å²) in [5.41, 5.74) is 0.430. The summed E-state index contributed by atoms with van der Waals surface area (Å²) < 4.78 is 27.3. The quantitative estimate of drug-likeness (QED) is 0.743. The van der Waals surface area contributed by atoms with Gasteiger partial charge in [-0.3, -0.25) is 0 Å². The standard InChI is InChI=1S/C16H26F2N2/c1-4-11-20(6-3)12-10-15(19-5-2)13-8-7-9-14(17)16(13)18/h7-9,15,19H,4-6,10-12H2,1-3H3. The number of benzene rings is 1. The lowest BCUT2D eigenvalue weighted by atomic mass is 10.0. The molecule has 1 aromatic carbocycles. The molecule has 4 heteroatoms. The summed E-state index contributed by atoms with van der Waals surface area (Å²) in [5.74, 6) is -1.50. The summed E-state index contributed by atoms with van der Waals surface area (Å²) in [6, 6.07) is 4.27. The maximum absolute atomic E-state index is 13.9. The average molecular weight is 284 g/mol. The Morgan fingerprint density at radius 2 is 1.90 bits per heavy atom.